The molecule has 1 N–H and O–H groups in total. The third kappa shape index (κ3) is 6.33. The molecular weight excluding hydrogens is 460 g/mol. The van der Waals surface area contributed by atoms with E-state index in [2.05, 4.69) is 20.5 Å². The number of pyridine rings is 1. The molecule has 3 aromatic rings. The monoisotopic (exact) mass is 486 g/mol. The van der Waals surface area contributed by atoms with Crippen molar-refractivity contribution in [2.45, 2.75) is 38.4 Å². The van der Waals surface area contributed by atoms with E-state index in [1.54, 1.807) is 19.4 Å². The Morgan fingerprint density at radius 3 is 2.52 bits per heavy atom. The third-order valence-corrected chi connectivity index (χ3v) is 6.02. The summed E-state index contributed by atoms with van der Waals surface area (Å²) in [6.45, 7) is 7.60. The fourth-order valence-electron chi connectivity index (χ4n) is 3.10. The molecule has 174 valence electrons. The van der Waals surface area contributed by atoms with Crippen LogP contribution in [0.5, 0.6) is 0 Å². The molecule has 8 nitrogen and oxygen atoms in total. The van der Waals surface area contributed by atoms with Crippen molar-refractivity contribution in [2.24, 2.45) is 0 Å². The predicted molar refractivity (Wildman–Crippen MR) is 131 cm³/mol. The zero-order valence-electron chi connectivity index (χ0n) is 19.3. The summed E-state index contributed by atoms with van der Waals surface area (Å²) >= 11 is 7.63. The minimum Gasteiger partial charge on any atom is -0.350 e. The topological polar surface area (TPSA) is 93.0 Å². The molecular formula is C23H27ClN6O2S. The van der Waals surface area contributed by atoms with Crippen molar-refractivity contribution in [2.75, 3.05) is 19.3 Å². The van der Waals surface area contributed by atoms with Crippen LogP contribution in [0.2, 0.25) is 5.02 Å². The first-order valence-electron chi connectivity index (χ1n) is 10.4. The number of carbonyl (C=O) groups is 2. The highest BCUT2D eigenvalue weighted by Crippen LogP contribution is 2.31. The number of thioether (sulfide) groups is 1. The SMILES string of the molecule is Cc1c(Cl)cccc1-n1c(SCC(=O)N(C)CC(=O)NC(C)(C)C)nnc1-c1ccncc1. The van der Waals surface area contributed by atoms with Crippen molar-refractivity contribution in [1.82, 2.24) is 30.0 Å². The van der Waals surface area contributed by atoms with Crippen LogP contribution in [-0.2, 0) is 9.59 Å². The molecule has 0 bridgehead atoms. The fourth-order valence-corrected chi connectivity index (χ4v) is 4.16. The van der Waals surface area contributed by atoms with Crippen molar-refractivity contribution in [1.29, 1.82) is 0 Å². The minimum atomic E-state index is -0.357. The molecule has 0 atom stereocenters. The average molecular weight is 487 g/mol. The van der Waals surface area contributed by atoms with Crippen LogP contribution in [0, 0.1) is 6.92 Å². The number of amides is 2. The molecule has 2 amide bonds. The first kappa shape index (κ1) is 24.7. The summed E-state index contributed by atoms with van der Waals surface area (Å²) in [5.41, 5.74) is 2.18. The lowest BCUT2D eigenvalue weighted by molar-refractivity contribution is -0.133. The van der Waals surface area contributed by atoms with E-state index in [0.717, 1.165) is 16.8 Å². The summed E-state index contributed by atoms with van der Waals surface area (Å²) in [7, 11) is 1.61. The maximum atomic E-state index is 12.7. The summed E-state index contributed by atoms with van der Waals surface area (Å²) in [5, 5.41) is 12.8. The Balaban J connectivity index is 1.84. The van der Waals surface area contributed by atoms with Crippen LogP contribution in [0.1, 0.15) is 26.3 Å². The van der Waals surface area contributed by atoms with E-state index in [4.69, 9.17) is 11.6 Å². The first-order chi connectivity index (χ1) is 15.6. The lowest BCUT2D eigenvalue weighted by Crippen LogP contribution is -2.46. The molecule has 33 heavy (non-hydrogen) atoms. The first-order valence-corrected chi connectivity index (χ1v) is 11.7. The van der Waals surface area contributed by atoms with Gasteiger partial charge < -0.3 is 10.2 Å². The van der Waals surface area contributed by atoms with Crippen LogP contribution < -0.4 is 5.32 Å². The largest absolute Gasteiger partial charge is 0.350 e. The van der Waals surface area contributed by atoms with Gasteiger partial charge >= 0.3 is 0 Å². The Hall–Kier alpha value is -2.91. The molecule has 0 saturated carbocycles. The number of carbonyl (C=O) groups excluding carboxylic acids is 2. The van der Waals surface area contributed by atoms with Gasteiger partial charge in [-0.3, -0.25) is 19.1 Å². The zero-order chi connectivity index (χ0) is 24.2. The summed E-state index contributed by atoms with van der Waals surface area (Å²) in [4.78, 5) is 30.3. The maximum absolute atomic E-state index is 12.7. The van der Waals surface area contributed by atoms with Gasteiger partial charge in [0, 0.05) is 35.6 Å². The van der Waals surface area contributed by atoms with E-state index in [9.17, 15) is 9.59 Å². The van der Waals surface area contributed by atoms with Crippen molar-refractivity contribution in [3.63, 3.8) is 0 Å². The number of benzene rings is 1. The van der Waals surface area contributed by atoms with Gasteiger partial charge in [0.25, 0.3) is 0 Å². The summed E-state index contributed by atoms with van der Waals surface area (Å²) in [6, 6.07) is 9.32. The normalized spacial score (nSPS) is 11.3. The van der Waals surface area contributed by atoms with Crippen molar-refractivity contribution in [3.05, 3.63) is 53.3 Å². The van der Waals surface area contributed by atoms with Gasteiger partial charge in [-0.25, -0.2) is 0 Å². The highest BCUT2D eigenvalue weighted by molar-refractivity contribution is 7.99. The van der Waals surface area contributed by atoms with Crippen LogP contribution in [0.4, 0.5) is 0 Å². The molecule has 1 aromatic carbocycles. The van der Waals surface area contributed by atoms with Crippen LogP contribution in [0.25, 0.3) is 17.1 Å². The minimum absolute atomic E-state index is 0.0149. The third-order valence-electron chi connectivity index (χ3n) is 4.70. The lowest BCUT2D eigenvalue weighted by Gasteiger charge is -2.23. The highest BCUT2D eigenvalue weighted by Gasteiger charge is 2.21. The van der Waals surface area contributed by atoms with Gasteiger partial charge in [-0.2, -0.15) is 0 Å². The second-order valence-electron chi connectivity index (χ2n) is 8.60. The second kappa shape index (κ2) is 10.4. The molecule has 3 rings (SSSR count). The molecule has 0 fully saturated rings. The number of aromatic nitrogens is 4. The van der Waals surface area contributed by atoms with Gasteiger partial charge in [0.1, 0.15) is 0 Å². The van der Waals surface area contributed by atoms with Crippen molar-refractivity contribution in [3.8, 4) is 17.1 Å². The van der Waals surface area contributed by atoms with Crippen LogP contribution in [0.3, 0.4) is 0 Å². The van der Waals surface area contributed by atoms with Gasteiger partial charge in [-0.1, -0.05) is 29.4 Å². The van der Waals surface area contributed by atoms with Crippen LogP contribution in [-0.4, -0.2) is 61.3 Å². The Morgan fingerprint density at radius 2 is 1.85 bits per heavy atom. The second-order valence-corrected chi connectivity index (χ2v) is 9.95. The Morgan fingerprint density at radius 1 is 1.15 bits per heavy atom. The van der Waals surface area contributed by atoms with E-state index in [1.165, 1.54) is 16.7 Å². The Kier molecular flexibility index (Phi) is 7.76. The standard InChI is InChI=1S/C23H27ClN6O2S/c1-15-17(24)7-6-8-18(15)30-21(16-9-11-25-12-10-16)27-28-22(30)33-14-20(32)29(5)13-19(31)26-23(2,3)4/h6-12H,13-14H2,1-5H3,(H,26,31). The Bertz CT molecular complexity index is 1140. The van der Waals surface area contributed by atoms with Crippen LogP contribution >= 0.6 is 23.4 Å². The molecule has 10 heteroatoms. The Labute approximate surface area is 202 Å². The number of halogens is 1. The average Bonchev–Trinajstić information content (AvgIpc) is 3.16. The van der Waals surface area contributed by atoms with E-state index in [0.29, 0.717) is 16.0 Å². The van der Waals surface area contributed by atoms with Crippen molar-refractivity contribution < 1.29 is 9.59 Å². The maximum Gasteiger partial charge on any atom is 0.240 e. The molecule has 0 unspecified atom stereocenters. The molecule has 2 heterocycles. The number of hydrogen-bond acceptors (Lipinski definition) is 6. The molecule has 0 aliphatic heterocycles. The van der Waals surface area contributed by atoms with Crippen molar-refractivity contribution >= 4 is 35.2 Å². The molecule has 0 aliphatic carbocycles. The smallest absolute Gasteiger partial charge is 0.240 e. The summed E-state index contributed by atoms with van der Waals surface area (Å²) < 4.78 is 1.89. The molecule has 0 radical (unpaired) electrons. The van der Waals surface area contributed by atoms with Gasteiger partial charge in [-0.15, -0.1) is 10.2 Å². The predicted octanol–water partition coefficient (Wildman–Crippen LogP) is 3.76. The molecule has 2 aromatic heterocycles. The molecule has 0 saturated heterocycles. The highest BCUT2D eigenvalue weighted by atomic mass is 35.5. The number of hydrogen-bond donors (Lipinski definition) is 1. The molecule has 0 spiro atoms. The number of likely N-dealkylation sites (N-methyl/N-ethyl adjacent to an activating group) is 1. The quantitative estimate of drug-likeness (QED) is 0.511. The van der Waals surface area contributed by atoms with E-state index >= 15 is 0 Å². The summed E-state index contributed by atoms with van der Waals surface area (Å²) in [6.07, 6.45) is 3.38. The van der Waals surface area contributed by atoms with Gasteiger partial charge in [0.15, 0.2) is 11.0 Å². The number of rotatable bonds is 7. The van der Waals surface area contributed by atoms with Crippen LogP contribution in [0.15, 0.2) is 47.9 Å². The number of nitrogens with zero attached hydrogens (tertiary/aromatic N) is 5. The zero-order valence-corrected chi connectivity index (χ0v) is 20.9. The van der Waals surface area contributed by atoms with Gasteiger partial charge in [0.05, 0.1) is 18.0 Å². The summed E-state index contributed by atoms with van der Waals surface area (Å²) in [5.74, 6) is 0.330. The van der Waals surface area contributed by atoms with E-state index in [1.807, 2.05) is 62.6 Å². The fraction of sp³-hybridized carbons (Fsp3) is 0.348. The van der Waals surface area contributed by atoms with E-state index in [-0.39, 0.29) is 29.7 Å². The number of nitrogens with one attached hydrogen (secondary N) is 1. The molecule has 0 aliphatic rings. The van der Waals surface area contributed by atoms with Gasteiger partial charge in [-0.05, 0) is 57.5 Å². The lowest BCUT2D eigenvalue weighted by atomic mass is 10.1. The van der Waals surface area contributed by atoms with E-state index < -0.39 is 0 Å². The van der Waals surface area contributed by atoms with Gasteiger partial charge in [0.2, 0.25) is 11.8 Å².